The van der Waals surface area contributed by atoms with Gasteiger partial charge in [0, 0.05) is 5.69 Å². The Hall–Kier alpha value is -2.37. The number of urea groups is 1. The highest BCUT2D eigenvalue weighted by molar-refractivity contribution is 6.10. The van der Waals surface area contributed by atoms with Crippen LogP contribution in [0, 0.1) is 5.92 Å². The van der Waals surface area contributed by atoms with Crippen molar-refractivity contribution in [2.75, 3.05) is 11.9 Å². The summed E-state index contributed by atoms with van der Waals surface area (Å²) in [5.41, 5.74) is 0.934. The number of rotatable bonds is 6. The van der Waals surface area contributed by atoms with Crippen LogP contribution in [0.5, 0.6) is 0 Å². The summed E-state index contributed by atoms with van der Waals surface area (Å²) in [6, 6.07) is 7.15. The van der Waals surface area contributed by atoms with Crippen molar-refractivity contribution < 1.29 is 14.4 Å². The van der Waals surface area contributed by atoms with Crippen LogP contribution in [0.4, 0.5) is 10.5 Å². The average Bonchev–Trinajstić information content (AvgIpc) is 3.41. The number of benzene rings is 1. The molecule has 134 valence electrons. The first-order valence-electron chi connectivity index (χ1n) is 8.89. The lowest BCUT2D eigenvalue weighted by atomic mass is 9.96. The van der Waals surface area contributed by atoms with Gasteiger partial charge in [0.05, 0.1) is 0 Å². The van der Waals surface area contributed by atoms with Crippen molar-refractivity contribution in [3.8, 4) is 0 Å². The number of nitrogens with zero attached hydrogens (tertiary/aromatic N) is 1. The number of hydrogen-bond donors (Lipinski definition) is 2. The number of amides is 4. The maximum atomic E-state index is 12.6. The molecular formula is C19H25N3O3. The Kier molecular flexibility index (Phi) is 4.54. The molecule has 2 N–H and O–H groups in total. The summed E-state index contributed by atoms with van der Waals surface area (Å²) in [7, 11) is 0. The van der Waals surface area contributed by atoms with Gasteiger partial charge in [-0.25, -0.2) is 4.79 Å². The van der Waals surface area contributed by atoms with Gasteiger partial charge in [-0.3, -0.25) is 14.5 Å². The fourth-order valence-corrected chi connectivity index (χ4v) is 3.39. The standard InChI is InChI=1S/C19H25N3O3/c1-4-12(2)14-7-5-6-8-15(14)20-16(23)11-22-17(24)19(3,13-9-10-13)21-18(22)25/h5-8,12-13H,4,9-11H2,1-3H3,(H,20,23)(H,21,25)/t12-,19+/m0/s1. The highest BCUT2D eigenvalue weighted by Gasteiger charge is 2.56. The predicted molar refractivity (Wildman–Crippen MR) is 95.2 cm³/mol. The molecule has 0 aromatic heterocycles. The lowest BCUT2D eigenvalue weighted by molar-refractivity contribution is -0.134. The Bertz CT molecular complexity index is 714. The van der Waals surface area contributed by atoms with Crippen molar-refractivity contribution >= 4 is 23.5 Å². The predicted octanol–water partition coefficient (Wildman–Crippen LogP) is 2.86. The second-order valence-corrected chi connectivity index (χ2v) is 7.24. The van der Waals surface area contributed by atoms with Crippen molar-refractivity contribution in [3.63, 3.8) is 0 Å². The van der Waals surface area contributed by atoms with Gasteiger partial charge < -0.3 is 10.6 Å². The third-order valence-electron chi connectivity index (χ3n) is 5.37. The molecule has 0 unspecified atom stereocenters. The molecule has 6 heteroatoms. The molecule has 2 aliphatic rings. The van der Waals surface area contributed by atoms with Gasteiger partial charge >= 0.3 is 6.03 Å². The minimum Gasteiger partial charge on any atom is -0.324 e. The average molecular weight is 343 g/mol. The molecule has 0 spiro atoms. The Balaban J connectivity index is 1.69. The maximum absolute atomic E-state index is 12.6. The van der Waals surface area contributed by atoms with Crippen molar-refractivity contribution in [1.82, 2.24) is 10.2 Å². The molecule has 1 saturated carbocycles. The Morgan fingerprint density at radius 3 is 2.68 bits per heavy atom. The van der Waals surface area contributed by atoms with E-state index in [2.05, 4.69) is 24.5 Å². The van der Waals surface area contributed by atoms with Crippen molar-refractivity contribution in [3.05, 3.63) is 29.8 Å². The first-order valence-corrected chi connectivity index (χ1v) is 8.89. The van der Waals surface area contributed by atoms with E-state index in [1.54, 1.807) is 6.92 Å². The molecule has 1 saturated heterocycles. The molecule has 6 nitrogen and oxygen atoms in total. The molecule has 1 heterocycles. The molecule has 4 amide bonds. The zero-order chi connectivity index (χ0) is 18.2. The summed E-state index contributed by atoms with van der Waals surface area (Å²) in [5.74, 6) is -0.167. The molecule has 25 heavy (non-hydrogen) atoms. The zero-order valence-electron chi connectivity index (χ0n) is 15.0. The molecule has 1 aromatic carbocycles. The van der Waals surface area contributed by atoms with E-state index in [1.165, 1.54) is 0 Å². The van der Waals surface area contributed by atoms with Gasteiger partial charge in [-0.2, -0.15) is 0 Å². The molecule has 1 aromatic rings. The van der Waals surface area contributed by atoms with E-state index >= 15 is 0 Å². The van der Waals surface area contributed by atoms with Gasteiger partial charge in [-0.15, -0.1) is 0 Å². The van der Waals surface area contributed by atoms with Crippen LogP contribution < -0.4 is 10.6 Å². The minimum atomic E-state index is -0.855. The number of carbonyl (C=O) groups excluding carboxylic acids is 3. The van der Waals surface area contributed by atoms with E-state index in [4.69, 9.17) is 0 Å². The first kappa shape index (κ1) is 17.5. The molecule has 3 rings (SSSR count). The summed E-state index contributed by atoms with van der Waals surface area (Å²) < 4.78 is 0. The van der Waals surface area contributed by atoms with Crippen molar-refractivity contribution in [2.24, 2.45) is 5.92 Å². The third kappa shape index (κ3) is 3.25. The largest absolute Gasteiger partial charge is 0.325 e. The van der Waals surface area contributed by atoms with Gasteiger partial charge in [-0.1, -0.05) is 32.0 Å². The SMILES string of the molecule is CC[C@H](C)c1ccccc1NC(=O)CN1C(=O)N[C@](C)(C2CC2)C1=O. The number of nitrogens with one attached hydrogen (secondary N) is 2. The van der Waals surface area contributed by atoms with Gasteiger partial charge in [0.15, 0.2) is 0 Å². The van der Waals surface area contributed by atoms with E-state index in [0.717, 1.165) is 35.4 Å². The number of anilines is 1. The summed E-state index contributed by atoms with van der Waals surface area (Å²) in [4.78, 5) is 38.2. The second kappa shape index (κ2) is 6.50. The number of imide groups is 1. The topological polar surface area (TPSA) is 78.5 Å². The third-order valence-corrected chi connectivity index (χ3v) is 5.37. The Labute approximate surface area is 148 Å². The molecule has 1 aliphatic heterocycles. The normalized spacial score (nSPS) is 24.2. The molecule has 2 fully saturated rings. The quantitative estimate of drug-likeness (QED) is 0.780. The van der Waals surface area contributed by atoms with E-state index in [1.807, 2.05) is 24.3 Å². The van der Waals surface area contributed by atoms with E-state index in [0.29, 0.717) is 5.92 Å². The van der Waals surface area contributed by atoms with Crippen LogP contribution in [-0.2, 0) is 9.59 Å². The fraction of sp³-hybridized carbons (Fsp3) is 0.526. The maximum Gasteiger partial charge on any atom is 0.325 e. The smallest absolute Gasteiger partial charge is 0.324 e. The monoisotopic (exact) mass is 343 g/mol. The number of para-hydroxylation sites is 1. The van der Waals surface area contributed by atoms with Gasteiger partial charge in [0.25, 0.3) is 5.91 Å². The molecule has 0 bridgehead atoms. The van der Waals surface area contributed by atoms with Crippen LogP contribution in [0.25, 0.3) is 0 Å². The molecular weight excluding hydrogens is 318 g/mol. The highest BCUT2D eigenvalue weighted by atomic mass is 16.2. The van der Waals surface area contributed by atoms with Crippen molar-refractivity contribution in [2.45, 2.75) is 51.5 Å². The van der Waals surface area contributed by atoms with Crippen LogP contribution in [-0.4, -0.2) is 34.8 Å². The lowest BCUT2D eigenvalue weighted by Gasteiger charge is -2.21. The van der Waals surface area contributed by atoms with E-state index in [9.17, 15) is 14.4 Å². The molecule has 1 aliphatic carbocycles. The van der Waals surface area contributed by atoms with Crippen LogP contribution in [0.2, 0.25) is 0 Å². The molecule has 0 radical (unpaired) electrons. The van der Waals surface area contributed by atoms with E-state index in [-0.39, 0.29) is 24.3 Å². The summed E-state index contributed by atoms with van der Waals surface area (Å²) in [6.45, 7) is 5.68. The van der Waals surface area contributed by atoms with Gasteiger partial charge in [0.1, 0.15) is 12.1 Å². The number of hydrogen-bond acceptors (Lipinski definition) is 3. The number of carbonyl (C=O) groups is 3. The van der Waals surface area contributed by atoms with Crippen LogP contribution in [0.3, 0.4) is 0 Å². The Morgan fingerprint density at radius 1 is 1.36 bits per heavy atom. The zero-order valence-corrected chi connectivity index (χ0v) is 15.0. The summed E-state index contributed by atoms with van der Waals surface area (Å²) >= 11 is 0. The first-order chi connectivity index (χ1) is 11.9. The van der Waals surface area contributed by atoms with E-state index < -0.39 is 11.6 Å². The lowest BCUT2D eigenvalue weighted by Crippen LogP contribution is -2.46. The Morgan fingerprint density at radius 2 is 2.04 bits per heavy atom. The fourth-order valence-electron chi connectivity index (χ4n) is 3.39. The highest BCUT2D eigenvalue weighted by Crippen LogP contribution is 2.42. The van der Waals surface area contributed by atoms with Gasteiger partial charge in [0.2, 0.25) is 5.91 Å². The molecule has 2 atom stereocenters. The van der Waals surface area contributed by atoms with Crippen molar-refractivity contribution in [1.29, 1.82) is 0 Å². The van der Waals surface area contributed by atoms with Gasteiger partial charge in [-0.05, 0) is 49.7 Å². The summed E-state index contributed by atoms with van der Waals surface area (Å²) in [5, 5.41) is 5.61. The minimum absolute atomic E-state index is 0.183. The second-order valence-electron chi connectivity index (χ2n) is 7.24. The van der Waals surface area contributed by atoms with Crippen LogP contribution >= 0.6 is 0 Å². The summed E-state index contributed by atoms with van der Waals surface area (Å²) in [6.07, 6.45) is 2.83. The van der Waals surface area contributed by atoms with Crippen LogP contribution in [0.1, 0.15) is 51.5 Å². The van der Waals surface area contributed by atoms with Crippen LogP contribution in [0.15, 0.2) is 24.3 Å².